The van der Waals surface area contributed by atoms with Crippen molar-refractivity contribution in [2.45, 2.75) is 31.2 Å². The predicted molar refractivity (Wildman–Crippen MR) is 33.6 cm³/mol. The van der Waals surface area contributed by atoms with Gasteiger partial charge in [-0.1, -0.05) is 0 Å². The Hall–Kier alpha value is -0.570. The van der Waals surface area contributed by atoms with E-state index < -0.39 is 30.9 Å². The van der Waals surface area contributed by atoms with Crippen LogP contribution in [0.15, 0.2) is 0 Å². The van der Waals surface area contributed by atoms with Gasteiger partial charge < -0.3 is 9.84 Å². The third-order valence-corrected chi connectivity index (χ3v) is 1.33. The fourth-order valence-corrected chi connectivity index (χ4v) is 0.529. The molecule has 0 aliphatic heterocycles. The second-order valence-corrected chi connectivity index (χ2v) is 2.70. The lowest BCUT2D eigenvalue weighted by Crippen LogP contribution is -2.54. The van der Waals surface area contributed by atoms with E-state index in [1.54, 1.807) is 0 Å². The number of ether oxygens (including phenoxy) is 1. The predicted octanol–water partition coefficient (Wildman–Crippen LogP) is 2.17. The van der Waals surface area contributed by atoms with Crippen molar-refractivity contribution in [3.05, 3.63) is 0 Å². The number of halogens is 7. The van der Waals surface area contributed by atoms with Crippen molar-refractivity contribution >= 4 is 0 Å². The highest BCUT2D eigenvalue weighted by atomic mass is 19.4. The number of alkyl halides is 7. The van der Waals surface area contributed by atoms with Crippen molar-refractivity contribution in [2.75, 3.05) is 6.61 Å². The van der Waals surface area contributed by atoms with Crippen LogP contribution in [0, 0.1) is 0 Å². The number of aliphatic hydroxyl groups is 1. The van der Waals surface area contributed by atoms with Crippen molar-refractivity contribution in [3.63, 3.8) is 0 Å². The van der Waals surface area contributed by atoms with Crippen molar-refractivity contribution in [2.24, 2.45) is 0 Å². The minimum atomic E-state index is -6.42. The monoisotopic (exact) mass is 244 g/mol. The normalized spacial score (nSPS) is 16.6. The van der Waals surface area contributed by atoms with E-state index in [4.69, 9.17) is 5.11 Å². The molecule has 0 aromatic heterocycles. The van der Waals surface area contributed by atoms with Gasteiger partial charge in [0.2, 0.25) is 0 Å². The molecule has 0 amide bonds. The Morgan fingerprint density at radius 2 is 1.47 bits per heavy atom. The smallest absolute Gasteiger partial charge is 0.394 e. The maximum Gasteiger partial charge on any atom is 0.462 e. The Balaban J connectivity index is 4.85. The van der Waals surface area contributed by atoms with Crippen molar-refractivity contribution in [3.8, 4) is 0 Å². The molecule has 0 radical (unpaired) electrons. The lowest BCUT2D eigenvalue weighted by atomic mass is 10.3. The minimum Gasteiger partial charge on any atom is -0.394 e. The van der Waals surface area contributed by atoms with E-state index in [-0.39, 0.29) is 0 Å². The molecule has 1 N–H and O–H groups in total. The van der Waals surface area contributed by atoms with Crippen LogP contribution in [-0.2, 0) is 4.74 Å². The van der Waals surface area contributed by atoms with E-state index in [0.717, 1.165) is 6.92 Å². The molecule has 2 nitrogen and oxygen atoms in total. The number of hydrogen-bond donors (Lipinski definition) is 1. The molecule has 92 valence electrons. The van der Waals surface area contributed by atoms with Crippen LogP contribution in [0.2, 0.25) is 0 Å². The zero-order valence-corrected chi connectivity index (χ0v) is 7.29. The van der Waals surface area contributed by atoms with Crippen molar-refractivity contribution < 1.29 is 40.6 Å². The first-order valence-electron chi connectivity index (χ1n) is 3.56. The Morgan fingerprint density at radius 3 is 1.73 bits per heavy atom. The van der Waals surface area contributed by atoms with Crippen LogP contribution in [0.25, 0.3) is 0 Å². The fraction of sp³-hybridized carbons (Fsp3) is 1.00. The third kappa shape index (κ3) is 2.94. The standard InChI is InChI=1S/C6H7F7O2/c1-3(2-14)15-6(12,13)4(7,8)5(9,10)11/h3,14H,2H2,1H3. The first kappa shape index (κ1) is 14.4. The van der Waals surface area contributed by atoms with E-state index in [1.165, 1.54) is 0 Å². The van der Waals surface area contributed by atoms with Gasteiger partial charge in [-0.05, 0) is 6.92 Å². The molecule has 0 spiro atoms. The molecular weight excluding hydrogens is 237 g/mol. The van der Waals surface area contributed by atoms with Crippen molar-refractivity contribution in [1.29, 1.82) is 0 Å². The summed E-state index contributed by atoms with van der Waals surface area (Å²) in [6.07, 6.45) is -14.0. The number of hydrogen-bond acceptors (Lipinski definition) is 2. The van der Waals surface area contributed by atoms with Gasteiger partial charge in [-0.2, -0.15) is 30.7 Å². The van der Waals surface area contributed by atoms with Gasteiger partial charge in [0.05, 0.1) is 12.7 Å². The second kappa shape index (κ2) is 4.12. The highest BCUT2D eigenvalue weighted by Gasteiger charge is 2.74. The lowest BCUT2D eigenvalue weighted by Gasteiger charge is -2.29. The molecule has 15 heavy (non-hydrogen) atoms. The summed E-state index contributed by atoms with van der Waals surface area (Å²) in [6.45, 7) is -0.385. The van der Waals surface area contributed by atoms with Gasteiger partial charge in [0, 0.05) is 0 Å². The zero-order valence-electron chi connectivity index (χ0n) is 7.29. The Bertz CT molecular complexity index is 212. The summed E-state index contributed by atoms with van der Waals surface area (Å²) in [7, 11) is 0. The molecule has 0 bridgehead atoms. The summed E-state index contributed by atoms with van der Waals surface area (Å²) >= 11 is 0. The number of aliphatic hydroxyl groups excluding tert-OH is 1. The second-order valence-electron chi connectivity index (χ2n) is 2.70. The van der Waals surface area contributed by atoms with Gasteiger partial charge in [-0.15, -0.1) is 0 Å². The summed E-state index contributed by atoms with van der Waals surface area (Å²) in [4.78, 5) is 0. The topological polar surface area (TPSA) is 29.5 Å². The van der Waals surface area contributed by atoms with Crippen LogP contribution in [0.4, 0.5) is 30.7 Å². The quantitative estimate of drug-likeness (QED) is 0.768. The summed E-state index contributed by atoms with van der Waals surface area (Å²) in [6, 6.07) is 0. The van der Waals surface area contributed by atoms with Crippen LogP contribution in [0.3, 0.4) is 0 Å². The first-order chi connectivity index (χ1) is 6.45. The molecule has 0 aromatic rings. The molecule has 0 fully saturated rings. The lowest BCUT2D eigenvalue weighted by molar-refractivity contribution is -0.431. The molecule has 0 saturated carbocycles. The Morgan fingerprint density at radius 1 is 1.07 bits per heavy atom. The molecule has 0 saturated heterocycles. The van der Waals surface area contributed by atoms with Crippen LogP contribution in [0.5, 0.6) is 0 Å². The fourth-order valence-electron chi connectivity index (χ4n) is 0.529. The largest absolute Gasteiger partial charge is 0.462 e. The Labute approximate surface area is 79.6 Å². The van der Waals surface area contributed by atoms with Crippen LogP contribution in [-0.4, -0.2) is 36.0 Å². The first-order valence-corrected chi connectivity index (χ1v) is 3.56. The van der Waals surface area contributed by atoms with Crippen LogP contribution in [0.1, 0.15) is 6.92 Å². The zero-order chi connectivity index (χ0) is 12.5. The minimum absolute atomic E-state index is 0.723. The molecule has 9 heteroatoms. The van der Waals surface area contributed by atoms with Gasteiger partial charge in [0.15, 0.2) is 0 Å². The molecule has 0 heterocycles. The van der Waals surface area contributed by atoms with Crippen LogP contribution >= 0.6 is 0 Å². The van der Waals surface area contributed by atoms with Gasteiger partial charge in [-0.25, -0.2) is 0 Å². The highest BCUT2D eigenvalue weighted by molar-refractivity contribution is 4.85. The molecule has 0 rings (SSSR count). The van der Waals surface area contributed by atoms with Gasteiger partial charge in [0.1, 0.15) is 0 Å². The highest BCUT2D eigenvalue weighted by Crippen LogP contribution is 2.47. The van der Waals surface area contributed by atoms with E-state index in [2.05, 4.69) is 4.74 Å². The molecule has 1 unspecified atom stereocenters. The van der Waals surface area contributed by atoms with Gasteiger partial charge in [0.25, 0.3) is 0 Å². The summed E-state index contributed by atoms with van der Waals surface area (Å²) < 4.78 is 86.6. The summed E-state index contributed by atoms with van der Waals surface area (Å²) in [5.41, 5.74) is 0. The third-order valence-electron chi connectivity index (χ3n) is 1.33. The maximum absolute atomic E-state index is 12.3. The van der Waals surface area contributed by atoms with Gasteiger partial charge in [-0.3, -0.25) is 0 Å². The summed E-state index contributed by atoms with van der Waals surface area (Å²) in [5, 5.41) is 8.18. The van der Waals surface area contributed by atoms with E-state index in [1.807, 2.05) is 0 Å². The van der Waals surface area contributed by atoms with Gasteiger partial charge >= 0.3 is 18.2 Å². The van der Waals surface area contributed by atoms with E-state index >= 15 is 0 Å². The summed E-state index contributed by atoms with van der Waals surface area (Å²) in [5.74, 6) is -6.30. The molecule has 1 atom stereocenters. The average molecular weight is 244 g/mol. The van der Waals surface area contributed by atoms with E-state index in [0.29, 0.717) is 0 Å². The maximum atomic E-state index is 12.3. The number of rotatable bonds is 4. The van der Waals surface area contributed by atoms with E-state index in [9.17, 15) is 30.7 Å². The Kier molecular flexibility index (Phi) is 3.97. The molecular formula is C6H7F7O2. The average Bonchev–Trinajstić information content (AvgIpc) is 2.00. The molecule has 0 aliphatic rings. The SMILES string of the molecule is CC(CO)OC(F)(F)C(F)(F)C(F)(F)F. The molecule has 0 aliphatic carbocycles. The van der Waals surface area contributed by atoms with Crippen LogP contribution < -0.4 is 0 Å². The molecule has 0 aromatic carbocycles. The van der Waals surface area contributed by atoms with Crippen molar-refractivity contribution in [1.82, 2.24) is 0 Å².